The first kappa shape index (κ1) is 95.1. The van der Waals surface area contributed by atoms with Gasteiger partial charge in [0.1, 0.15) is 130 Å². The Bertz CT molecular complexity index is 4160. The van der Waals surface area contributed by atoms with Crippen molar-refractivity contribution in [3.05, 3.63) is 48.3 Å². The SMILES string of the molecule is C/C=C\COC(=O)/C=C(\CO)OC1OC(COS(=O)(=O)O)C(OC2OC(C(=O)OC/C=C/C)C(OC3OC(COS(=O)(=O)O)C(OC4OC(C(=O)OC/C=C/C)C(OC5OC(COS(=O)(=O)O)C(O)C(O)C5NS(=O)(=O)O)C(O)C4OS(=O)(=O)O)C(O)C3NS(=O)(=O)O)C(O)C2OS(=O)(=O)O)C(O)C1NS(=O)(=O)O. The van der Waals surface area contributed by atoms with Crippen molar-refractivity contribution in [1.82, 2.24) is 14.2 Å². The number of aliphatic hydroxyl groups excluding tert-OH is 7. The maximum atomic E-state index is 14.3. The lowest BCUT2D eigenvalue weighted by Crippen LogP contribution is -2.71. The fourth-order valence-electron chi connectivity index (χ4n) is 10.1. The highest BCUT2D eigenvalue weighted by Crippen LogP contribution is 2.39. The number of aliphatic hydroxyl groups is 7. The number of hydrogen-bond acceptors (Lipinski definition) is 44. The van der Waals surface area contributed by atoms with E-state index < -0.39 is 306 Å². The van der Waals surface area contributed by atoms with Gasteiger partial charge in [-0.05, 0) is 20.8 Å². The van der Waals surface area contributed by atoms with E-state index in [0.717, 1.165) is 12.2 Å². The maximum Gasteiger partial charge on any atom is 0.397 e. The Kier molecular flexibility index (Phi) is 34.6. The summed E-state index contributed by atoms with van der Waals surface area (Å²) < 4.78 is 372. The molecule has 18 N–H and O–H groups in total. The van der Waals surface area contributed by atoms with Crippen molar-refractivity contribution < 1.29 is 236 Å². The van der Waals surface area contributed by atoms with Gasteiger partial charge in [-0.2, -0.15) is 81.5 Å². The number of nitrogens with one attached hydrogen (secondary N) is 3. The van der Waals surface area contributed by atoms with Gasteiger partial charge in [0.25, 0.3) is 0 Å². The van der Waals surface area contributed by atoms with Crippen LogP contribution >= 0.6 is 0 Å². The Labute approximate surface area is 617 Å². The summed E-state index contributed by atoms with van der Waals surface area (Å²) in [5.41, 5.74) is 0. The maximum absolute atomic E-state index is 14.3. The summed E-state index contributed by atoms with van der Waals surface area (Å²) in [5.74, 6) is -6.02. The number of ether oxygens (including phenoxy) is 13. The van der Waals surface area contributed by atoms with Gasteiger partial charge in [0.15, 0.2) is 49.6 Å². The second-order valence-electron chi connectivity index (χ2n) is 22.3. The van der Waals surface area contributed by atoms with Gasteiger partial charge in [-0.1, -0.05) is 36.5 Å². The van der Waals surface area contributed by atoms with E-state index in [1.165, 1.54) is 59.2 Å². The predicted octanol–water partition coefficient (Wildman–Crippen LogP) is -11.3. The van der Waals surface area contributed by atoms with Crippen LogP contribution in [0.5, 0.6) is 0 Å². The van der Waals surface area contributed by atoms with Crippen LogP contribution in [0.2, 0.25) is 0 Å². The van der Waals surface area contributed by atoms with Crippen molar-refractivity contribution in [2.75, 3.05) is 46.2 Å². The van der Waals surface area contributed by atoms with Gasteiger partial charge in [0, 0.05) is 0 Å². The van der Waals surface area contributed by atoms with Crippen LogP contribution in [-0.2, 0) is 180 Å². The van der Waals surface area contributed by atoms with E-state index in [-0.39, 0.29) is 0 Å². The lowest BCUT2D eigenvalue weighted by molar-refractivity contribution is -0.373. The second-order valence-corrected chi connectivity index (χ2v) is 31.2. The molecule has 55 nitrogen and oxygen atoms in total. The summed E-state index contributed by atoms with van der Waals surface area (Å²) in [7, 11) is -46.9. The van der Waals surface area contributed by atoms with Crippen LogP contribution in [0.25, 0.3) is 0 Å². The molecule has 0 aromatic rings. The summed E-state index contributed by atoms with van der Waals surface area (Å²) in [6, 6.07) is -8.34. The van der Waals surface area contributed by atoms with Crippen LogP contribution in [0, 0.1) is 0 Å². The van der Waals surface area contributed by atoms with Gasteiger partial charge in [0.2, 0.25) is 6.29 Å². The minimum Gasteiger partial charge on any atom is -0.465 e. The molecule has 109 heavy (non-hydrogen) atoms. The van der Waals surface area contributed by atoms with E-state index >= 15 is 0 Å². The average Bonchev–Trinajstić information content (AvgIpc) is 0.758. The molecule has 5 saturated heterocycles. The molecule has 0 spiro atoms. The van der Waals surface area contributed by atoms with Crippen LogP contribution in [0.3, 0.4) is 0 Å². The quantitative estimate of drug-likeness (QED) is 0.00679. The van der Waals surface area contributed by atoms with E-state index in [4.69, 9.17) is 61.6 Å². The molecule has 0 bridgehead atoms. The average molecular weight is 1760 g/mol. The minimum atomic E-state index is -6.22. The van der Waals surface area contributed by atoms with E-state index in [1.54, 1.807) is 0 Å². The molecular formula is C46H73N3O52S8. The molecule has 0 aromatic carbocycles. The highest BCUT2D eigenvalue weighted by atomic mass is 32.3. The topological polar surface area (TPSA) is 830 Å². The number of carbonyl (C=O) groups excluding carboxylic acids is 3. The Morgan fingerprint density at radius 1 is 0.376 bits per heavy atom. The zero-order valence-electron chi connectivity index (χ0n) is 55.0. The fourth-order valence-corrected chi connectivity index (χ4v) is 13.8. The van der Waals surface area contributed by atoms with Crippen LogP contribution in [0.1, 0.15) is 20.8 Å². The molecule has 5 aliphatic rings. The van der Waals surface area contributed by atoms with E-state index in [9.17, 15) is 154 Å². The normalized spacial score (nSPS) is 34.5. The van der Waals surface area contributed by atoms with Crippen molar-refractivity contribution in [3.8, 4) is 0 Å². The van der Waals surface area contributed by atoms with Crippen molar-refractivity contribution in [2.24, 2.45) is 0 Å². The molecule has 5 heterocycles. The summed E-state index contributed by atoms with van der Waals surface area (Å²) in [6.07, 6.45) is -56.6. The smallest absolute Gasteiger partial charge is 0.397 e. The number of allylic oxidation sites excluding steroid dienone is 3. The Balaban J connectivity index is 1.68. The molecule has 0 saturated carbocycles. The standard InChI is InChI=1S/C46H73N3O52S8/c1-4-7-10-84-22(51)13-18(14-50)90-42-24(48-103(63,64)65)28(54)32(20(92-42)16-88-106(72,73)74)94-45-37(101-109(81,82)83)31(57)35(39(99-45)41(59)86-12-9-6-3)97-44-25(49-104(66,67)68)29(55)33(21(93-44)17-89-107(75,76)77)95-46-36(100-108(78,79)80)30(56)34(38(98-46)40(58)85-11-8-5-2)96-43-23(47-102(60,61)62)27(53)26(52)19(91-43)15-87-105(69,70)71/h4-9,13,19-21,23-39,42-50,52-57H,10-12,14-17H2,1-3H3,(H,60,61,62)(H,63,64,65)(H,66,67,68)(H,69,70,71)(H,72,73,74)(H,75,76,77)(H,78,79,80)(H,81,82,83)/b7-4-,8-5+,9-6+,18-13+. The lowest BCUT2D eigenvalue weighted by atomic mass is 9.94. The van der Waals surface area contributed by atoms with Gasteiger partial charge >= 0.3 is 101 Å². The molecule has 25 unspecified atom stereocenters. The van der Waals surface area contributed by atoms with E-state index in [0.29, 0.717) is 6.08 Å². The number of rotatable bonds is 39. The molecule has 5 aliphatic heterocycles. The summed E-state index contributed by atoms with van der Waals surface area (Å²) in [4.78, 5) is 40.9. The van der Waals surface area contributed by atoms with Crippen molar-refractivity contribution >= 4 is 101 Å². The molecule has 632 valence electrons. The van der Waals surface area contributed by atoms with E-state index in [2.05, 4.69) is 20.9 Å². The van der Waals surface area contributed by atoms with Crippen LogP contribution < -0.4 is 14.2 Å². The van der Waals surface area contributed by atoms with Crippen molar-refractivity contribution in [3.63, 3.8) is 0 Å². The van der Waals surface area contributed by atoms with Crippen LogP contribution in [-0.4, -0.2) is 357 Å². The van der Waals surface area contributed by atoms with Gasteiger partial charge in [0.05, 0.1) is 25.9 Å². The molecule has 63 heteroatoms. The largest absolute Gasteiger partial charge is 0.465 e. The minimum absolute atomic E-state index is 0.400. The monoisotopic (exact) mass is 1760 g/mol. The molecule has 0 amide bonds. The summed E-state index contributed by atoms with van der Waals surface area (Å²) in [5, 5.41) is 80.4. The first-order chi connectivity index (χ1) is 50.1. The first-order valence-electron chi connectivity index (χ1n) is 29.8. The highest BCUT2D eigenvalue weighted by molar-refractivity contribution is 7.84. The Hall–Kier alpha value is -4.51. The molecular weight excluding hydrogens is 1680 g/mol. The second kappa shape index (κ2) is 39.7. The van der Waals surface area contributed by atoms with Crippen molar-refractivity contribution in [1.29, 1.82) is 0 Å². The third-order valence-electron chi connectivity index (χ3n) is 14.6. The third-order valence-corrected chi connectivity index (χ3v) is 18.5. The zero-order valence-corrected chi connectivity index (χ0v) is 61.5. The molecule has 0 aromatic heterocycles. The first-order valence-corrected chi connectivity index (χ1v) is 40.9. The van der Waals surface area contributed by atoms with Crippen molar-refractivity contribution in [2.45, 2.75) is 174 Å². The van der Waals surface area contributed by atoms with Crippen LogP contribution in [0.4, 0.5) is 0 Å². The molecule has 0 aliphatic carbocycles. The predicted molar refractivity (Wildman–Crippen MR) is 333 cm³/mol. The van der Waals surface area contributed by atoms with Gasteiger partial charge in [-0.25, -0.2) is 35.3 Å². The number of hydrogen-bond donors (Lipinski definition) is 18. The summed E-state index contributed by atoms with van der Waals surface area (Å²) in [6.45, 7) is -4.40. The fraction of sp³-hybridized carbons (Fsp3) is 0.761. The molecule has 0 radical (unpaired) electrons. The molecule has 5 rings (SSSR count). The third kappa shape index (κ3) is 30.3. The number of carbonyl (C=O) groups is 3. The van der Waals surface area contributed by atoms with Gasteiger partial charge < -0.3 is 97.3 Å². The Morgan fingerprint density at radius 2 is 0.697 bits per heavy atom. The summed E-state index contributed by atoms with van der Waals surface area (Å²) >= 11 is 0. The van der Waals surface area contributed by atoms with Gasteiger partial charge in [-0.3, -0.25) is 36.4 Å². The number of esters is 3. The van der Waals surface area contributed by atoms with E-state index in [1.807, 2.05) is 0 Å². The highest BCUT2D eigenvalue weighted by Gasteiger charge is 2.62. The lowest BCUT2D eigenvalue weighted by Gasteiger charge is -2.50. The zero-order chi connectivity index (χ0) is 82.5. The Morgan fingerprint density at radius 3 is 1.04 bits per heavy atom. The van der Waals surface area contributed by atoms with Gasteiger partial charge in [-0.15, -0.1) is 0 Å². The molecule has 25 atom stereocenters. The molecule has 5 fully saturated rings. The van der Waals surface area contributed by atoms with Crippen LogP contribution in [0.15, 0.2) is 48.3 Å².